The zero-order valence-electron chi connectivity index (χ0n) is 8.63. The first kappa shape index (κ1) is 11.1. The van der Waals surface area contributed by atoms with E-state index in [1.165, 1.54) is 0 Å². The van der Waals surface area contributed by atoms with Crippen LogP contribution in [0, 0.1) is 6.92 Å². The van der Waals surface area contributed by atoms with Crippen LogP contribution in [0.25, 0.3) is 0 Å². The molecule has 0 bridgehead atoms. The first-order valence-corrected chi connectivity index (χ1v) is 5.75. The Labute approximate surface area is 87.9 Å². The molecule has 0 aliphatic rings. The molecule has 0 fully saturated rings. The number of aromatic nitrogens is 2. The monoisotopic (exact) mass is 213 g/mol. The van der Waals surface area contributed by atoms with Gasteiger partial charge in [0.05, 0.1) is 11.8 Å². The van der Waals surface area contributed by atoms with Crippen LogP contribution < -0.4 is 5.32 Å². The first-order valence-electron chi connectivity index (χ1n) is 4.46. The summed E-state index contributed by atoms with van der Waals surface area (Å²) in [5, 5.41) is 9.83. The molecule has 1 amide bonds. The Balaban J connectivity index is 2.47. The van der Waals surface area contributed by atoms with Gasteiger partial charge in [0.15, 0.2) is 0 Å². The fourth-order valence-electron chi connectivity index (χ4n) is 0.995. The summed E-state index contributed by atoms with van der Waals surface area (Å²) >= 11 is 1.73. The predicted octanol–water partition coefficient (Wildman–Crippen LogP) is 1.20. The topological polar surface area (TPSA) is 57.8 Å². The molecule has 1 heterocycles. The van der Waals surface area contributed by atoms with Crippen LogP contribution in [-0.4, -0.2) is 34.2 Å². The number of thioether (sulfide) groups is 1. The zero-order chi connectivity index (χ0) is 10.6. The molecular weight excluding hydrogens is 198 g/mol. The van der Waals surface area contributed by atoms with Crippen molar-refractivity contribution < 1.29 is 4.79 Å². The van der Waals surface area contributed by atoms with Gasteiger partial charge in [0.1, 0.15) is 0 Å². The van der Waals surface area contributed by atoms with Gasteiger partial charge in [0.25, 0.3) is 5.91 Å². The standard InChI is InChI=1S/C9H15N3OS/c1-6(14-3)4-10-9(13)8-5-11-12-7(8)2/h5-6H,4H2,1-3H3,(H,10,13)(H,11,12). The maximum absolute atomic E-state index is 11.6. The van der Waals surface area contributed by atoms with E-state index >= 15 is 0 Å². The van der Waals surface area contributed by atoms with E-state index in [1.54, 1.807) is 18.0 Å². The third-order valence-corrected chi connectivity index (χ3v) is 3.00. The van der Waals surface area contributed by atoms with Gasteiger partial charge in [-0.15, -0.1) is 0 Å². The lowest BCUT2D eigenvalue weighted by molar-refractivity contribution is 0.0953. The maximum Gasteiger partial charge on any atom is 0.254 e. The molecule has 0 saturated carbocycles. The van der Waals surface area contributed by atoms with Gasteiger partial charge < -0.3 is 5.32 Å². The summed E-state index contributed by atoms with van der Waals surface area (Å²) in [4.78, 5) is 11.6. The molecule has 0 aliphatic heterocycles. The summed E-state index contributed by atoms with van der Waals surface area (Å²) in [5.74, 6) is -0.0582. The molecule has 1 rings (SSSR count). The van der Waals surface area contributed by atoms with Gasteiger partial charge in [0.2, 0.25) is 0 Å². The van der Waals surface area contributed by atoms with Crippen LogP contribution in [0.4, 0.5) is 0 Å². The molecule has 0 spiro atoms. The Bertz CT molecular complexity index is 311. The summed E-state index contributed by atoms with van der Waals surface area (Å²) in [6.45, 7) is 4.59. The Morgan fingerprint density at radius 3 is 3.00 bits per heavy atom. The van der Waals surface area contributed by atoms with E-state index in [2.05, 4.69) is 22.4 Å². The van der Waals surface area contributed by atoms with Crippen molar-refractivity contribution in [1.82, 2.24) is 15.5 Å². The minimum Gasteiger partial charge on any atom is -0.351 e. The SMILES string of the molecule is CSC(C)CNC(=O)c1cn[nH]c1C. The number of nitrogens with zero attached hydrogens (tertiary/aromatic N) is 1. The van der Waals surface area contributed by atoms with Crippen molar-refractivity contribution in [1.29, 1.82) is 0 Å². The Morgan fingerprint density at radius 1 is 1.79 bits per heavy atom. The van der Waals surface area contributed by atoms with Crippen LogP contribution in [0.3, 0.4) is 0 Å². The van der Waals surface area contributed by atoms with Crippen LogP contribution in [-0.2, 0) is 0 Å². The van der Waals surface area contributed by atoms with Gasteiger partial charge in [-0.05, 0) is 13.2 Å². The van der Waals surface area contributed by atoms with E-state index in [9.17, 15) is 4.79 Å². The largest absolute Gasteiger partial charge is 0.351 e. The molecular formula is C9H15N3OS. The molecule has 2 N–H and O–H groups in total. The second-order valence-electron chi connectivity index (χ2n) is 3.17. The minimum atomic E-state index is -0.0582. The normalized spacial score (nSPS) is 12.5. The highest BCUT2D eigenvalue weighted by atomic mass is 32.2. The molecule has 0 radical (unpaired) electrons. The number of aromatic amines is 1. The summed E-state index contributed by atoms with van der Waals surface area (Å²) in [6, 6.07) is 0. The highest BCUT2D eigenvalue weighted by molar-refractivity contribution is 7.99. The Hall–Kier alpha value is -0.970. The van der Waals surface area contributed by atoms with E-state index in [0.717, 1.165) is 5.69 Å². The third-order valence-electron chi connectivity index (χ3n) is 2.03. The smallest absolute Gasteiger partial charge is 0.254 e. The van der Waals surface area contributed by atoms with Crippen molar-refractivity contribution in [3.63, 3.8) is 0 Å². The van der Waals surface area contributed by atoms with Gasteiger partial charge in [-0.2, -0.15) is 16.9 Å². The molecule has 1 aromatic rings. The van der Waals surface area contributed by atoms with Gasteiger partial charge in [-0.3, -0.25) is 9.89 Å². The molecule has 5 heteroatoms. The van der Waals surface area contributed by atoms with E-state index in [-0.39, 0.29) is 5.91 Å². The molecule has 4 nitrogen and oxygen atoms in total. The molecule has 0 saturated heterocycles. The molecule has 14 heavy (non-hydrogen) atoms. The van der Waals surface area contributed by atoms with Crippen LogP contribution >= 0.6 is 11.8 Å². The lowest BCUT2D eigenvalue weighted by Crippen LogP contribution is -2.29. The fourth-order valence-corrected chi connectivity index (χ4v) is 1.24. The fraction of sp³-hybridized carbons (Fsp3) is 0.556. The average Bonchev–Trinajstić information content (AvgIpc) is 2.60. The highest BCUT2D eigenvalue weighted by Gasteiger charge is 2.10. The number of H-pyrrole nitrogens is 1. The van der Waals surface area contributed by atoms with Gasteiger partial charge >= 0.3 is 0 Å². The van der Waals surface area contributed by atoms with E-state index < -0.39 is 0 Å². The molecule has 0 aliphatic carbocycles. The number of aryl methyl sites for hydroxylation is 1. The molecule has 1 aromatic heterocycles. The average molecular weight is 213 g/mol. The number of hydrogen-bond donors (Lipinski definition) is 2. The summed E-state index contributed by atoms with van der Waals surface area (Å²) < 4.78 is 0. The van der Waals surface area contributed by atoms with Crippen molar-refractivity contribution in [3.05, 3.63) is 17.5 Å². The number of carbonyl (C=O) groups is 1. The first-order chi connectivity index (χ1) is 6.65. The highest BCUT2D eigenvalue weighted by Crippen LogP contribution is 2.05. The van der Waals surface area contributed by atoms with Gasteiger partial charge in [-0.25, -0.2) is 0 Å². The lowest BCUT2D eigenvalue weighted by atomic mass is 10.2. The predicted molar refractivity (Wildman–Crippen MR) is 58.6 cm³/mol. The minimum absolute atomic E-state index is 0.0582. The van der Waals surface area contributed by atoms with Crippen LogP contribution in [0.5, 0.6) is 0 Å². The summed E-state index contributed by atoms with van der Waals surface area (Å²) in [7, 11) is 0. The van der Waals surface area contributed by atoms with Crippen molar-refractivity contribution in [2.75, 3.05) is 12.8 Å². The number of hydrogen-bond acceptors (Lipinski definition) is 3. The molecule has 1 unspecified atom stereocenters. The summed E-state index contributed by atoms with van der Waals surface area (Å²) in [5.41, 5.74) is 1.43. The van der Waals surface area contributed by atoms with Crippen LogP contribution in [0.1, 0.15) is 23.0 Å². The van der Waals surface area contributed by atoms with Gasteiger partial charge in [-0.1, -0.05) is 6.92 Å². The summed E-state index contributed by atoms with van der Waals surface area (Å²) in [6.07, 6.45) is 3.58. The Kier molecular flexibility index (Phi) is 4.00. The second kappa shape index (κ2) is 5.05. The van der Waals surface area contributed by atoms with Crippen molar-refractivity contribution in [2.24, 2.45) is 0 Å². The molecule has 78 valence electrons. The number of nitrogens with one attached hydrogen (secondary N) is 2. The van der Waals surface area contributed by atoms with Crippen molar-refractivity contribution in [2.45, 2.75) is 19.1 Å². The Morgan fingerprint density at radius 2 is 2.50 bits per heavy atom. The number of amides is 1. The van der Waals surface area contributed by atoms with Crippen molar-refractivity contribution in [3.8, 4) is 0 Å². The van der Waals surface area contributed by atoms with Crippen LogP contribution in [0.15, 0.2) is 6.20 Å². The van der Waals surface area contributed by atoms with E-state index in [0.29, 0.717) is 17.4 Å². The van der Waals surface area contributed by atoms with Crippen molar-refractivity contribution >= 4 is 17.7 Å². The second-order valence-corrected chi connectivity index (χ2v) is 4.44. The van der Waals surface area contributed by atoms with Crippen LogP contribution in [0.2, 0.25) is 0 Å². The molecule has 1 atom stereocenters. The number of carbonyl (C=O) groups excluding carboxylic acids is 1. The number of rotatable bonds is 4. The molecule has 0 aromatic carbocycles. The van der Waals surface area contributed by atoms with Gasteiger partial charge in [0, 0.05) is 17.5 Å². The maximum atomic E-state index is 11.6. The quantitative estimate of drug-likeness (QED) is 0.790. The zero-order valence-corrected chi connectivity index (χ0v) is 9.44. The van der Waals surface area contributed by atoms with E-state index in [4.69, 9.17) is 0 Å². The third kappa shape index (κ3) is 2.77. The van der Waals surface area contributed by atoms with E-state index in [1.807, 2.05) is 13.2 Å². The lowest BCUT2D eigenvalue weighted by Gasteiger charge is -2.08.